The van der Waals surface area contributed by atoms with Gasteiger partial charge < -0.3 is 14.6 Å². The molecule has 1 N–H and O–H groups in total. The normalized spacial score (nSPS) is 32.1. The zero-order valence-corrected chi connectivity index (χ0v) is 8.50. The molecule has 1 fully saturated rings. The number of epoxide rings is 1. The van der Waals surface area contributed by atoms with Crippen molar-refractivity contribution in [3.63, 3.8) is 0 Å². The van der Waals surface area contributed by atoms with Gasteiger partial charge in [0.2, 0.25) is 0 Å². The molecular weight excluding hydrogens is 216 g/mol. The Bertz CT molecular complexity index is 396. The second-order valence-corrected chi connectivity index (χ2v) is 3.66. The summed E-state index contributed by atoms with van der Waals surface area (Å²) in [6, 6.07) is 0. The number of ketones is 1. The summed E-state index contributed by atoms with van der Waals surface area (Å²) in [4.78, 5) is 33.0. The van der Waals surface area contributed by atoms with Crippen LogP contribution in [0.25, 0.3) is 0 Å². The van der Waals surface area contributed by atoms with Crippen LogP contribution in [-0.2, 0) is 23.9 Å². The molecule has 6 heteroatoms. The molecule has 1 saturated heterocycles. The highest BCUT2D eigenvalue weighted by Crippen LogP contribution is 2.37. The number of esters is 1. The second kappa shape index (κ2) is 3.80. The Labute approximate surface area is 90.8 Å². The van der Waals surface area contributed by atoms with Gasteiger partial charge in [-0.05, 0) is 0 Å². The van der Waals surface area contributed by atoms with Gasteiger partial charge in [0.15, 0.2) is 5.78 Å². The summed E-state index contributed by atoms with van der Waals surface area (Å²) in [5.41, 5.74) is -0.0264. The fourth-order valence-corrected chi connectivity index (χ4v) is 1.71. The first-order chi connectivity index (χ1) is 7.56. The van der Waals surface area contributed by atoms with Gasteiger partial charge >= 0.3 is 5.97 Å². The van der Waals surface area contributed by atoms with Crippen LogP contribution >= 0.6 is 0 Å². The van der Waals surface area contributed by atoms with Gasteiger partial charge in [0.05, 0.1) is 0 Å². The summed E-state index contributed by atoms with van der Waals surface area (Å²) in [6.45, 7) is 0.896. The van der Waals surface area contributed by atoms with Crippen molar-refractivity contribution in [2.45, 2.75) is 25.2 Å². The van der Waals surface area contributed by atoms with Crippen LogP contribution in [0.3, 0.4) is 0 Å². The lowest BCUT2D eigenvalue weighted by atomic mass is 9.89. The van der Waals surface area contributed by atoms with Crippen LogP contribution in [0.5, 0.6) is 0 Å². The van der Waals surface area contributed by atoms with Gasteiger partial charge in [0.25, 0.3) is 0 Å². The van der Waals surface area contributed by atoms with E-state index >= 15 is 0 Å². The Morgan fingerprint density at radius 3 is 2.88 bits per heavy atom. The first-order valence-electron chi connectivity index (χ1n) is 4.75. The lowest BCUT2D eigenvalue weighted by Crippen LogP contribution is -2.34. The minimum Gasteiger partial charge on any atom is -0.461 e. The Hall–Kier alpha value is -1.53. The highest BCUT2D eigenvalue weighted by atomic mass is 16.6. The van der Waals surface area contributed by atoms with Crippen LogP contribution in [0, 0.1) is 0 Å². The molecule has 0 aromatic heterocycles. The van der Waals surface area contributed by atoms with Crippen LogP contribution in [0.4, 0.5) is 0 Å². The van der Waals surface area contributed by atoms with E-state index in [0.717, 1.165) is 0 Å². The SMILES string of the molecule is CC(=O)OCC1=C(C=O)[C@@H](O)[C@@H]2O[C@@H]2C1=O. The van der Waals surface area contributed by atoms with E-state index in [2.05, 4.69) is 4.74 Å². The van der Waals surface area contributed by atoms with E-state index in [1.54, 1.807) is 0 Å². The Balaban J connectivity index is 2.24. The average Bonchev–Trinajstić information content (AvgIpc) is 3.01. The molecule has 3 atom stereocenters. The molecule has 0 saturated carbocycles. The number of Topliss-reactive ketones (excluding diaryl/α,β-unsaturated/α-hetero) is 1. The monoisotopic (exact) mass is 226 g/mol. The standard InChI is InChI=1S/C10H10O6/c1-4(12)15-3-6-5(2-11)7(13)9-10(16-9)8(6)14/h2,7,9-10,13H,3H2,1H3/t7-,9+,10-/m1/s1. The Morgan fingerprint density at radius 1 is 1.62 bits per heavy atom. The van der Waals surface area contributed by atoms with Crippen LogP contribution in [0.1, 0.15) is 6.92 Å². The van der Waals surface area contributed by atoms with E-state index in [0.29, 0.717) is 6.29 Å². The topological polar surface area (TPSA) is 93.2 Å². The highest BCUT2D eigenvalue weighted by molar-refractivity contribution is 6.07. The van der Waals surface area contributed by atoms with Crippen molar-refractivity contribution in [2.24, 2.45) is 0 Å². The largest absolute Gasteiger partial charge is 0.461 e. The molecule has 0 amide bonds. The van der Waals surface area contributed by atoms with Crippen LogP contribution in [0.2, 0.25) is 0 Å². The fraction of sp³-hybridized carbons (Fsp3) is 0.500. The van der Waals surface area contributed by atoms with Crippen molar-refractivity contribution < 1.29 is 29.0 Å². The van der Waals surface area contributed by atoms with E-state index in [1.165, 1.54) is 6.92 Å². The molecule has 2 aliphatic rings. The number of carbonyl (C=O) groups is 3. The molecule has 6 nitrogen and oxygen atoms in total. The van der Waals surface area contributed by atoms with E-state index in [4.69, 9.17) is 4.74 Å². The van der Waals surface area contributed by atoms with E-state index in [-0.39, 0.29) is 17.8 Å². The molecule has 0 unspecified atom stereocenters. The average molecular weight is 226 g/mol. The number of aldehydes is 1. The maximum absolute atomic E-state index is 11.7. The highest BCUT2D eigenvalue weighted by Gasteiger charge is 2.55. The summed E-state index contributed by atoms with van der Waals surface area (Å²) in [5.74, 6) is -0.947. The molecule has 86 valence electrons. The van der Waals surface area contributed by atoms with E-state index in [1.807, 2.05) is 0 Å². The molecule has 2 rings (SSSR count). The van der Waals surface area contributed by atoms with Crippen LogP contribution in [0.15, 0.2) is 11.1 Å². The lowest BCUT2D eigenvalue weighted by molar-refractivity contribution is -0.140. The summed E-state index contributed by atoms with van der Waals surface area (Å²) in [7, 11) is 0. The fourth-order valence-electron chi connectivity index (χ4n) is 1.71. The third kappa shape index (κ3) is 1.66. The van der Waals surface area contributed by atoms with Gasteiger partial charge in [-0.2, -0.15) is 0 Å². The number of ether oxygens (including phenoxy) is 2. The predicted molar refractivity (Wildman–Crippen MR) is 49.4 cm³/mol. The van der Waals surface area contributed by atoms with Crippen molar-refractivity contribution in [3.05, 3.63) is 11.1 Å². The number of fused-ring (bicyclic) bond motifs is 1. The smallest absolute Gasteiger partial charge is 0.302 e. The Kier molecular flexibility index (Phi) is 2.61. The van der Waals surface area contributed by atoms with Crippen molar-refractivity contribution in [3.8, 4) is 0 Å². The van der Waals surface area contributed by atoms with E-state index in [9.17, 15) is 19.5 Å². The quantitative estimate of drug-likeness (QED) is 0.367. The number of rotatable bonds is 3. The van der Waals surface area contributed by atoms with Gasteiger partial charge in [-0.15, -0.1) is 0 Å². The third-order valence-corrected chi connectivity index (χ3v) is 2.61. The van der Waals surface area contributed by atoms with Gasteiger partial charge in [0, 0.05) is 18.1 Å². The van der Waals surface area contributed by atoms with Crippen LogP contribution in [-0.4, -0.2) is 48.1 Å². The maximum atomic E-state index is 11.7. The predicted octanol–water partition coefficient (Wildman–Crippen LogP) is -1.24. The molecule has 1 heterocycles. The first kappa shape index (κ1) is 11.0. The summed E-state index contributed by atoms with van der Waals surface area (Å²) in [5, 5.41) is 9.63. The van der Waals surface area contributed by atoms with Crippen molar-refractivity contribution in [1.82, 2.24) is 0 Å². The van der Waals surface area contributed by atoms with Gasteiger partial charge in [0.1, 0.15) is 31.2 Å². The second-order valence-electron chi connectivity index (χ2n) is 3.66. The summed E-state index contributed by atoms with van der Waals surface area (Å²) >= 11 is 0. The minimum atomic E-state index is -1.11. The first-order valence-corrected chi connectivity index (χ1v) is 4.75. The number of aliphatic hydroxyl groups excluding tert-OH is 1. The van der Waals surface area contributed by atoms with Gasteiger partial charge in [-0.25, -0.2) is 0 Å². The number of hydrogen-bond donors (Lipinski definition) is 1. The molecule has 0 aromatic rings. The zero-order chi connectivity index (χ0) is 11.9. The summed E-state index contributed by atoms with van der Waals surface area (Å²) < 4.78 is 9.59. The number of carbonyl (C=O) groups excluding carboxylic acids is 3. The summed E-state index contributed by atoms with van der Waals surface area (Å²) in [6.07, 6.45) is -2.01. The maximum Gasteiger partial charge on any atom is 0.302 e. The third-order valence-electron chi connectivity index (χ3n) is 2.61. The minimum absolute atomic E-state index is 0.0245. The zero-order valence-electron chi connectivity index (χ0n) is 8.50. The molecule has 0 aromatic carbocycles. The molecular formula is C10H10O6. The molecule has 0 radical (unpaired) electrons. The van der Waals surface area contributed by atoms with Gasteiger partial charge in [-0.1, -0.05) is 0 Å². The van der Waals surface area contributed by atoms with E-state index < -0.39 is 30.1 Å². The van der Waals surface area contributed by atoms with Crippen molar-refractivity contribution in [1.29, 1.82) is 0 Å². The number of hydrogen-bond acceptors (Lipinski definition) is 6. The molecule has 16 heavy (non-hydrogen) atoms. The molecule has 1 aliphatic heterocycles. The van der Waals surface area contributed by atoms with Crippen LogP contribution < -0.4 is 0 Å². The van der Waals surface area contributed by atoms with Crippen molar-refractivity contribution in [2.75, 3.05) is 6.61 Å². The Morgan fingerprint density at radius 2 is 2.31 bits per heavy atom. The van der Waals surface area contributed by atoms with Crippen molar-refractivity contribution >= 4 is 18.0 Å². The number of aliphatic hydroxyl groups is 1. The van der Waals surface area contributed by atoms with Gasteiger partial charge in [-0.3, -0.25) is 14.4 Å². The molecule has 0 bridgehead atoms. The lowest BCUT2D eigenvalue weighted by Gasteiger charge is -2.17. The molecule has 0 spiro atoms. The molecule has 1 aliphatic carbocycles.